The first-order valence-electron chi connectivity index (χ1n) is 10.7. The molecular formula is C23H26N4O3S. The lowest BCUT2D eigenvalue weighted by atomic mass is 9.85. The maximum atomic E-state index is 13.7. The zero-order chi connectivity index (χ0) is 21.8. The summed E-state index contributed by atoms with van der Waals surface area (Å²) in [5.41, 5.74) is 3.36. The number of sulfone groups is 1. The fraction of sp³-hybridized carbons (Fsp3) is 0.391. The Labute approximate surface area is 180 Å². The highest BCUT2D eigenvalue weighted by atomic mass is 32.2. The van der Waals surface area contributed by atoms with Gasteiger partial charge in [0.25, 0.3) is 0 Å². The van der Waals surface area contributed by atoms with Crippen LogP contribution in [0.4, 0.5) is 0 Å². The third kappa shape index (κ3) is 3.39. The Kier molecular flexibility index (Phi) is 4.77. The van der Waals surface area contributed by atoms with E-state index in [1.165, 1.54) is 12.7 Å². The third-order valence-electron chi connectivity index (χ3n) is 6.60. The van der Waals surface area contributed by atoms with E-state index in [9.17, 15) is 13.2 Å². The van der Waals surface area contributed by atoms with Crippen LogP contribution in [0.3, 0.4) is 0 Å². The van der Waals surface area contributed by atoms with Crippen LogP contribution in [-0.2, 0) is 16.4 Å². The van der Waals surface area contributed by atoms with Gasteiger partial charge in [0.2, 0.25) is 0 Å². The number of imidazole rings is 1. The van der Waals surface area contributed by atoms with Crippen molar-refractivity contribution >= 4 is 31.9 Å². The number of rotatable bonds is 4. The summed E-state index contributed by atoms with van der Waals surface area (Å²) in [4.78, 5) is 21.7. The van der Waals surface area contributed by atoms with E-state index in [0.29, 0.717) is 12.5 Å². The molecule has 1 saturated carbocycles. The van der Waals surface area contributed by atoms with Crippen LogP contribution in [0.25, 0.3) is 22.1 Å². The van der Waals surface area contributed by atoms with Gasteiger partial charge < -0.3 is 4.98 Å². The number of benzene rings is 1. The minimum Gasteiger partial charge on any atom is -0.346 e. The molecule has 0 unspecified atom stereocenters. The molecule has 1 aliphatic carbocycles. The standard InChI is InChI=1S/C23H26N4O3S/c1-15-5-3-4-6-19(15)27-21-18-11-12-24-22(18)25-13-20(21)26(23(27)28)14-16-7-9-17(10-8-16)31(2,29)30/h7-13,15,19H,3-6,14H2,1-2H3,(H,24,25)/t15-,19+/m1/s1. The first-order valence-corrected chi connectivity index (χ1v) is 12.6. The van der Waals surface area contributed by atoms with E-state index in [-0.39, 0.29) is 16.6 Å². The molecule has 3 heterocycles. The lowest BCUT2D eigenvalue weighted by molar-refractivity contribution is 0.256. The number of H-pyrrole nitrogens is 1. The predicted octanol–water partition coefficient (Wildman–Crippen LogP) is 3.88. The molecule has 0 saturated heterocycles. The van der Waals surface area contributed by atoms with Crippen molar-refractivity contribution in [2.75, 3.05) is 6.26 Å². The Morgan fingerprint density at radius 3 is 2.58 bits per heavy atom. The average Bonchev–Trinajstić information content (AvgIpc) is 3.32. The number of aromatic amines is 1. The Hall–Kier alpha value is -2.87. The van der Waals surface area contributed by atoms with Gasteiger partial charge in [-0.3, -0.25) is 9.13 Å². The van der Waals surface area contributed by atoms with Crippen molar-refractivity contribution < 1.29 is 8.42 Å². The van der Waals surface area contributed by atoms with Crippen LogP contribution in [0.15, 0.2) is 52.4 Å². The maximum Gasteiger partial charge on any atom is 0.329 e. The van der Waals surface area contributed by atoms with Crippen molar-refractivity contribution in [3.63, 3.8) is 0 Å². The second-order valence-electron chi connectivity index (χ2n) is 8.72. The Morgan fingerprint density at radius 2 is 1.87 bits per heavy atom. The molecule has 3 aromatic heterocycles. The third-order valence-corrected chi connectivity index (χ3v) is 7.73. The highest BCUT2D eigenvalue weighted by molar-refractivity contribution is 7.90. The van der Waals surface area contributed by atoms with Gasteiger partial charge >= 0.3 is 5.69 Å². The first kappa shape index (κ1) is 20.1. The number of nitrogens with one attached hydrogen (secondary N) is 1. The summed E-state index contributed by atoms with van der Waals surface area (Å²) in [5.74, 6) is 0.432. The minimum atomic E-state index is -3.26. The van der Waals surface area contributed by atoms with Gasteiger partial charge in [-0.05, 0) is 42.5 Å². The van der Waals surface area contributed by atoms with E-state index in [1.807, 2.05) is 16.8 Å². The average molecular weight is 439 g/mol. The number of hydrogen-bond acceptors (Lipinski definition) is 4. The molecule has 1 aliphatic rings. The van der Waals surface area contributed by atoms with E-state index in [2.05, 4.69) is 16.9 Å². The summed E-state index contributed by atoms with van der Waals surface area (Å²) >= 11 is 0. The Balaban J connectivity index is 1.68. The van der Waals surface area contributed by atoms with Gasteiger partial charge in [0.05, 0.1) is 28.7 Å². The summed E-state index contributed by atoms with van der Waals surface area (Å²) in [6.07, 6.45) is 9.28. The van der Waals surface area contributed by atoms with Gasteiger partial charge in [0.15, 0.2) is 9.84 Å². The molecule has 8 heteroatoms. The fourth-order valence-electron chi connectivity index (χ4n) is 4.93. The van der Waals surface area contributed by atoms with Gasteiger partial charge in [-0.15, -0.1) is 0 Å². The smallest absolute Gasteiger partial charge is 0.329 e. The molecule has 2 atom stereocenters. The second kappa shape index (κ2) is 7.37. The monoisotopic (exact) mass is 438 g/mol. The van der Waals surface area contributed by atoms with Crippen LogP contribution < -0.4 is 5.69 Å². The van der Waals surface area contributed by atoms with E-state index < -0.39 is 9.84 Å². The summed E-state index contributed by atoms with van der Waals surface area (Å²) in [7, 11) is -3.26. The summed E-state index contributed by atoms with van der Waals surface area (Å²) < 4.78 is 27.3. The molecule has 4 aromatic rings. The number of pyridine rings is 1. The zero-order valence-electron chi connectivity index (χ0n) is 17.7. The molecule has 0 amide bonds. The van der Waals surface area contributed by atoms with Crippen molar-refractivity contribution in [2.24, 2.45) is 5.92 Å². The van der Waals surface area contributed by atoms with E-state index in [4.69, 9.17) is 0 Å². The molecule has 162 valence electrons. The van der Waals surface area contributed by atoms with Crippen molar-refractivity contribution in [3.05, 3.63) is 58.8 Å². The summed E-state index contributed by atoms with van der Waals surface area (Å²) in [6.45, 7) is 2.60. The largest absolute Gasteiger partial charge is 0.346 e. The van der Waals surface area contributed by atoms with Crippen molar-refractivity contribution in [1.29, 1.82) is 0 Å². The van der Waals surface area contributed by atoms with E-state index in [1.54, 1.807) is 35.0 Å². The summed E-state index contributed by atoms with van der Waals surface area (Å²) in [6, 6.07) is 8.90. The topological polar surface area (TPSA) is 89.8 Å². The molecular weight excluding hydrogens is 412 g/mol. The van der Waals surface area contributed by atoms with Crippen LogP contribution in [0.2, 0.25) is 0 Å². The predicted molar refractivity (Wildman–Crippen MR) is 121 cm³/mol. The lowest BCUT2D eigenvalue weighted by Crippen LogP contribution is -2.32. The number of hydrogen-bond donors (Lipinski definition) is 1. The molecule has 0 bridgehead atoms. The van der Waals surface area contributed by atoms with Gasteiger partial charge in [0.1, 0.15) is 5.65 Å². The minimum absolute atomic E-state index is 0.0311. The molecule has 0 spiro atoms. The molecule has 1 N–H and O–H groups in total. The highest BCUT2D eigenvalue weighted by Gasteiger charge is 2.28. The Bertz CT molecular complexity index is 1430. The molecule has 7 nitrogen and oxygen atoms in total. The van der Waals surface area contributed by atoms with Gasteiger partial charge in [-0.1, -0.05) is 31.9 Å². The van der Waals surface area contributed by atoms with Crippen LogP contribution in [0.5, 0.6) is 0 Å². The van der Waals surface area contributed by atoms with E-state index in [0.717, 1.165) is 46.9 Å². The van der Waals surface area contributed by atoms with Gasteiger partial charge in [0, 0.05) is 23.9 Å². The molecule has 1 fully saturated rings. The van der Waals surface area contributed by atoms with Crippen molar-refractivity contribution in [3.8, 4) is 0 Å². The quantitative estimate of drug-likeness (QED) is 0.524. The Morgan fingerprint density at radius 1 is 1.13 bits per heavy atom. The normalized spacial score (nSPS) is 19.9. The molecule has 5 rings (SSSR count). The lowest BCUT2D eigenvalue weighted by Gasteiger charge is -2.29. The van der Waals surface area contributed by atoms with Crippen LogP contribution in [-0.4, -0.2) is 33.8 Å². The van der Waals surface area contributed by atoms with Crippen molar-refractivity contribution in [1.82, 2.24) is 19.1 Å². The highest BCUT2D eigenvalue weighted by Crippen LogP contribution is 2.36. The first-order chi connectivity index (χ1) is 14.8. The van der Waals surface area contributed by atoms with Crippen LogP contribution >= 0.6 is 0 Å². The number of aromatic nitrogens is 4. The summed E-state index contributed by atoms with van der Waals surface area (Å²) in [5, 5.41) is 0.957. The SMILES string of the molecule is C[C@@H]1CCCC[C@@H]1n1c(=O)n(Cc2ccc(S(C)(=O)=O)cc2)c2cnc3[nH]ccc3c21. The molecule has 31 heavy (non-hydrogen) atoms. The fourth-order valence-corrected chi connectivity index (χ4v) is 5.56. The molecule has 1 aromatic carbocycles. The number of fused-ring (bicyclic) bond motifs is 3. The zero-order valence-corrected chi connectivity index (χ0v) is 18.5. The van der Waals surface area contributed by atoms with Gasteiger partial charge in [-0.2, -0.15) is 0 Å². The molecule has 0 radical (unpaired) electrons. The van der Waals surface area contributed by atoms with Crippen LogP contribution in [0.1, 0.15) is 44.2 Å². The molecule has 0 aliphatic heterocycles. The van der Waals surface area contributed by atoms with Crippen molar-refractivity contribution in [2.45, 2.75) is 50.1 Å². The van der Waals surface area contributed by atoms with Gasteiger partial charge in [-0.25, -0.2) is 18.2 Å². The maximum absolute atomic E-state index is 13.7. The van der Waals surface area contributed by atoms with Crippen LogP contribution in [0, 0.1) is 5.92 Å². The number of nitrogens with zero attached hydrogens (tertiary/aromatic N) is 3. The second-order valence-corrected chi connectivity index (χ2v) is 10.7. The van der Waals surface area contributed by atoms with E-state index >= 15 is 0 Å².